The van der Waals surface area contributed by atoms with Crippen molar-refractivity contribution in [1.82, 2.24) is 0 Å². The van der Waals surface area contributed by atoms with Crippen molar-refractivity contribution in [3.8, 4) is 0 Å². The molecule has 2 aromatic rings. The molecule has 1 heterocycles. The Balaban J connectivity index is 1.84. The van der Waals surface area contributed by atoms with Crippen LogP contribution in [0.25, 0.3) is 0 Å². The van der Waals surface area contributed by atoms with Gasteiger partial charge in [-0.3, -0.25) is 4.21 Å². The Morgan fingerprint density at radius 1 is 1.29 bits per heavy atom. The van der Waals surface area contributed by atoms with E-state index in [1.165, 1.54) is 5.56 Å². The van der Waals surface area contributed by atoms with Crippen LogP contribution in [0.1, 0.15) is 17.2 Å². The van der Waals surface area contributed by atoms with Crippen LogP contribution < -0.4 is 5.73 Å². The fourth-order valence-electron chi connectivity index (χ4n) is 2.55. The van der Waals surface area contributed by atoms with Gasteiger partial charge in [-0.05, 0) is 35.7 Å². The van der Waals surface area contributed by atoms with Crippen LogP contribution in [0.2, 0.25) is 5.02 Å². The monoisotopic (exact) mass is 321 g/mol. The molecular formula is C16H16ClNO2S. The minimum atomic E-state index is -1.24. The molecule has 0 saturated carbocycles. The Bertz CT molecular complexity index is 690. The molecule has 21 heavy (non-hydrogen) atoms. The second-order valence-electron chi connectivity index (χ2n) is 5.00. The highest BCUT2D eigenvalue weighted by Gasteiger charge is 2.23. The molecule has 0 amide bonds. The molecule has 0 fully saturated rings. The SMILES string of the molecule is Nc1ccc(Cl)cc1S(=O)CC1OCCc2ccccc21. The second-order valence-corrected chi connectivity index (χ2v) is 6.90. The van der Waals surface area contributed by atoms with E-state index in [0.717, 1.165) is 12.0 Å². The summed E-state index contributed by atoms with van der Waals surface area (Å²) in [6, 6.07) is 13.2. The maximum absolute atomic E-state index is 12.6. The van der Waals surface area contributed by atoms with Gasteiger partial charge in [0.05, 0.1) is 34.2 Å². The summed E-state index contributed by atoms with van der Waals surface area (Å²) in [5.41, 5.74) is 8.79. The van der Waals surface area contributed by atoms with Crippen LogP contribution in [0.5, 0.6) is 0 Å². The predicted octanol–water partition coefficient (Wildman–Crippen LogP) is 3.34. The molecular weight excluding hydrogens is 306 g/mol. The summed E-state index contributed by atoms with van der Waals surface area (Å²) in [4.78, 5) is 0.578. The summed E-state index contributed by atoms with van der Waals surface area (Å²) in [5, 5.41) is 0.539. The van der Waals surface area contributed by atoms with Crippen molar-refractivity contribution in [1.29, 1.82) is 0 Å². The first-order valence-corrected chi connectivity index (χ1v) is 8.47. The molecule has 110 valence electrons. The quantitative estimate of drug-likeness (QED) is 0.882. The highest BCUT2D eigenvalue weighted by atomic mass is 35.5. The van der Waals surface area contributed by atoms with Gasteiger partial charge in [-0.15, -0.1) is 0 Å². The minimum Gasteiger partial charge on any atom is -0.398 e. The summed E-state index contributed by atoms with van der Waals surface area (Å²) in [7, 11) is -1.24. The van der Waals surface area contributed by atoms with E-state index < -0.39 is 10.8 Å². The molecule has 2 atom stereocenters. The molecule has 1 aliphatic heterocycles. The molecule has 3 rings (SSSR count). The second kappa shape index (κ2) is 6.18. The first-order chi connectivity index (χ1) is 10.1. The molecule has 2 unspecified atom stereocenters. The molecule has 3 nitrogen and oxygen atoms in total. The van der Waals surface area contributed by atoms with Gasteiger partial charge in [-0.25, -0.2) is 0 Å². The van der Waals surface area contributed by atoms with E-state index in [9.17, 15) is 4.21 Å². The maximum Gasteiger partial charge on any atom is 0.0946 e. The van der Waals surface area contributed by atoms with Crippen molar-refractivity contribution < 1.29 is 8.95 Å². The lowest BCUT2D eigenvalue weighted by atomic mass is 9.99. The summed E-state index contributed by atoms with van der Waals surface area (Å²) in [5.74, 6) is 0.390. The van der Waals surface area contributed by atoms with Gasteiger partial charge in [-0.1, -0.05) is 35.9 Å². The van der Waals surface area contributed by atoms with Gasteiger partial charge in [0.25, 0.3) is 0 Å². The lowest BCUT2D eigenvalue weighted by Crippen LogP contribution is -2.21. The number of rotatable bonds is 3. The molecule has 5 heteroatoms. The van der Waals surface area contributed by atoms with Crippen molar-refractivity contribution in [2.75, 3.05) is 18.1 Å². The van der Waals surface area contributed by atoms with Crippen molar-refractivity contribution in [3.05, 3.63) is 58.6 Å². The fourth-order valence-corrected chi connectivity index (χ4v) is 4.10. The lowest BCUT2D eigenvalue weighted by molar-refractivity contribution is 0.0582. The maximum atomic E-state index is 12.6. The van der Waals surface area contributed by atoms with Crippen LogP contribution in [0.4, 0.5) is 5.69 Å². The van der Waals surface area contributed by atoms with Gasteiger partial charge in [0.1, 0.15) is 0 Å². The number of nitrogens with two attached hydrogens (primary N) is 1. The molecule has 2 aromatic carbocycles. The van der Waals surface area contributed by atoms with Crippen molar-refractivity contribution >= 4 is 28.1 Å². The normalized spacial score (nSPS) is 19.0. The average molecular weight is 322 g/mol. The Morgan fingerprint density at radius 2 is 2.10 bits per heavy atom. The Labute approximate surface area is 131 Å². The van der Waals surface area contributed by atoms with Crippen LogP contribution in [0.15, 0.2) is 47.4 Å². The average Bonchev–Trinajstić information content (AvgIpc) is 2.50. The summed E-state index contributed by atoms with van der Waals surface area (Å²) in [6.45, 7) is 0.657. The van der Waals surface area contributed by atoms with Crippen molar-refractivity contribution in [2.24, 2.45) is 0 Å². The first-order valence-electron chi connectivity index (χ1n) is 6.78. The first kappa shape index (κ1) is 14.6. The largest absolute Gasteiger partial charge is 0.398 e. The molecule has 0 bridgehead atoms. The Hall–Kier alpha value is -1.36. The standard InChI is InChI=1S/C16H16ClNO2S/c17-12-5-6-14(18)16(9-12)21(19)10-15-13-4-2-1-3-11(13)7-8-20-15/h1-6,9,15H,7-8,10,18H2. The molecule has 0 radical (unpaired) electrons. The summed E-state index contributed by atoms with van der Waals surface area (Å²) < 4.78 is 18.4. The topological polar surface area (TPSA) is 52.3 Å². The third-order valence-corrected chi connectivity index (χ3v) is 5.30. The zero-order valence-electron chi connectivity index (χ0n) is 11.4. The van der Waals surface area contributed by atoms with Gasteiger partial charge >= 0.3 is 0 Å². The van der Waals surface area contributed by atoms with E-state index in [4.69, 9.17) is 22.1 Å². The van der Waals surface area contributed by atoms with E-state index in [2.05, 4.69) is 6.07 Å². The van der Waals surface area contributed by atoms with Crippen LogP contribution in [-0.2, 0) is 22.0 Å². The van der Waals surface area contributed by atoms with Gasteiger partial charge in [0.15, 0.2) is 0 Å². The predicted molar refractivity (Wildman–Crippen MR) is 86.0 cm³/mol. The zero-order chi connectivity index (χ0) is 14.8. The number of nitrogen functional groups attached to an aromatic ring is 1. The molecule has 0 aromatic heterocycles. The van der Waals surface area contributed by atoms with Crippen LogP contribution in [0, 0.1) is 0 Å². The van der Waals surface area contributed by atoms with Crippen LogP contribution >= 0.6 is 11.6 Å². The van der Waals surface area contributed by atoms with Gasteiger partial charge in [-0.2, -0.15) is 0 Å². The van der Waals surface area contributed by atoms with E-state index in [-0.39, 0.29) is 6.10 Å². The molecule has 0 aliphatic carbocycles. The van der Waals surface area contributed by atoms with E-state index in [0.29, 0.717) is 28.0 Å². The van der Waals surface area contributed by atoms with Crippen LogP contribution in [-0.4, -0.2) is 16.6 Å². The van der Waals surface area contributed by atoms with Crippen molar-refractivity contribution in [2.45, 2.75) is 17.4 Å². The highest BCUT2D eigenvalue weighted by molar-refractivity contribution is 7.85. The fraction of sp³-hybridized carbons (Fsp3) is 0.250. The number of hydrogen-bond acceptors (Lipinski definition) is 3. The lowest BCUT2D eigenvalue weighted by Gasteiger charge is -2.25. The third kappa shape index (κ3) is 3.12. The Kier molecular flexibility index (Phi) is 4.29. The smallest absolute Gasteiger partial charge is 0.0946 e. The molecule has 0 saturated heterocycles. The van der Waals surface area contributed by atoms with E-state index in [1.54, 1.807) is 18.2 Å². The Morgan fingerprint density at radius 3 is 2.95 bits per heavy atom. The van der Waals surface area contributed by atoms with E-state index in [1.807, 2.05) is 18.2 Å². The number of halogens is 1. The number of ether oxygens (including phenoxy) is 1. The van der Waals surface area contributed by atoms with Gasteiger partial charge in [0.2, 0.25) is 0 Å². The van der Waals surface area contributed by atoms with Crippen molar-refractivity contribution in [3.63, 3.8) is 0 Å². The molecule has 2 N–H and O–H groups in total. The zero-order valence-corrected chi connectivity index (χ0v) is 13.0. The number of benzene rings is 2. The summed E-state index contributed by atoms with van der Waals surface area (Å²) >= 11 is 5.96. The number of fused-ring (bicyclic) bond motifs is 1. The number of hydrogen-bond donors (Lipinski definition) is 1. The van der Waals surface area contributed by atoms with Crippen LogP contribution in [0.3, 0.4) is 0 Å². The molecule has 0 spiro atoms. The minimum absolute atomic E-state index is 0.158. The number of anilines is 1. The third-order valence-electron chi connectivity index (χ3n) is 3.62. The molecule has 1 aliphatic rings. The summed E-state index contributed by atoms with van der Waals surface area (Å²) in [6.07, 6.45) is 0.743. The van der Waals surface area contributed by atoms with E-state index >= 15 is 0 Å². The van der Waals surface area contributed by atoms with Gasteiger partial charge < -0.3 is 10.5 Å². The highest BCUT2D eigenvalue weighted by Crippen LogP contribution is 2.30. The van der Waals surface area contributed by atoms with Gasteiger partial charge in [0, 0.05) is 10.7 Å².